The Kier molecular flexibility index (Phi) is 5.23. The van der Waals surface area contributed by atoms with Gasteiger partial charge in [-0.1, -0.05) is 13.8 Å². The summed E-state index contributed by atoms with van der Waals surface area (Å²) < 4.78 is 31.2. The molecule has 0 aliphatic rings. The topological polar surface area (TPSA) is 79.6 Å². The highest BCUT2D eigenvalue weighted by atomic mass is 32.2. The number of hydrogen-bond acceptors (Lipinski definition) is 4. The largest absolute Gasteiger partial charge is 0.469 e. The van der Waals surface area contributed by atoms with E-state index in [0.717, 1.165) is 0 Å². The van der Waals surface area contributed by atoms with Crippen LogP contribution in [0.5, 0.6) is 0 Å². The van der Waals surface area contributed by atoms with E-state index in [1.54, 1.807) is 39.0 Å². The van der Waals surface area contributed by atoms with Gasteiger partial charge in [-0.15, -0.1) is 0 Å². The third-order valence-corrected chi connectivity index (χ3v) is 5.62. The zero-order valence-electron chi connectivity index (χ0n) is 13.4. The molecular weight excluding hydrogens is 316 g/mol. The molecule has 0 saturated carbocycles. The smallest absolute Gasteiger partial charge is 0.259 e. The number of carbonyl (C=O) groups is 1. The summed E-state index contributed by atoms with van der Waals surface area (Å²) in [5.41, 5.74) is 0.971. The Bertz CT molecular complexity index is 775. The lowest BCUT2D eigenvalue weighted by molar-refractivity contribution is 0.102. The van der Waals surface area contributed by atoms with Crippen LogP contribution in [0.1, 0.15) is 30.0 Å². The number of hydrogen-bond donors (Lipinski definition) is 1. The van der Waals surface area contributed by atoms with Crippen molar-refractivity contribution < 1.29 is 17.6 Å². The van der Waals surface area contributed by atoms with Gasteiger partial charge in [-0.05, 0) is 37.3 Å². The monoisotopic (exact) mass is 336 g/mol. The Morgan fingerprint density at radius 2 is 1.74 bits per heavy atom. The van der Waals surface area contributed by atoms with E-state index in [1.165, 1.54) is 22.7 Å². The average Bonchev–Trinajstić information content (AvgIpc) is 2.95. The fraction of sp³-hybridized carbons (Fsp3) is 0.312. The Labute approximate surface area is 136 Å². The van der Waals surface area contributed by atoms with Gasteiger partial charge in [0.25, 0.3) is 5.91 Å². The van der Waals surface area contributed by atoms with Crippen LogP contribution in [0.25, 0.3) is 0 Å². The molecule has 1 amide bonds. The maximum Gasteiger partial charge on any atom is 0.259 e. The minimum atomic E-state index is -3.49. The van der Waals surface area contributed by atoms with Crippen LogP contribution < -0.4 is 5.32 Å². The molecule has 2 rings (SSSR count). The van der Waals surface area contributed by atoms with Crippen molar-refractivity contribution in [2.45, 2.75) is 25.7 Å². The summed E-state index contributed by atoms with van der Waals surface area (Å²) in [4.78, 5) is 12.3. The molecule has 1 heterocycles. The normalized spacial score (nSPS) is 11.7. The Balaban J connectivity index is 2.17. The highest BCUT2D eigenvalue weighted by Crippen LogP contribution is 2.19. The van der Waals surface area contributed by atoms with E-state index < -0.39 is 10.0 Å². The Morgan fingerprint density at radius 1 is 1.13 bits per heavy atom. The molecule has 0 aliphatic carbocycles. The van der Waals surface area contributed by atoms with Gasteiger partial charge in [0.05, 0.1) is 16.7 Å². The molecule has 23 heavy (non-hydrogen) atoms. The van der Waals surface area contributed by atoms with Crippen LogP contribution >= 0.6 is 0 Å². The molecular formula is C16H20N2O4S. The van der Waals surface area contributed by atoms with E-state index in [4.69, 9.17) is 4.42 Å². The van der Waals surface area contributed by atoms with Crippen LogP contribution in [0.2, 0.25) is 0 Å². The highest BCUT2D eigenvalue weighted by Gasteiger charge is 2.21. The predicted molar refractivity (Wildman–Crippen MR) is 87.9 cm³/mol. The first kappa shape index (κ1) is 17.2. The fourth-order valence-electron chi connectivity index (χ4n) is 2.24. The minimum absolute atomic E-state index is 0.207. The molecule has 0 bridgehead atoms. The second-order valence-corrected chi connectivity index (χ2v) is 6.90. The summed E-state index contributed by atoms with van der Waals surface area (Å²) in [7, 11) is -3.49. The van der Waals surface area contributed by atoms with Gasteiger partial charge < -0.3 is 9.73 Å². The van der Waals surface area contributed by atoms with Crippen molar-refractivity contribution in [1.29, 1.82) is 0 Å². The number of anilines is 1. The minimum Gasteiger partial charge on any atom is -0.469 e. The van der Waals surface area contributed by atoms with E-state index in [2.05, 4.69) is 5.32 Å². The van der Waals surface area contributed by atoms with Crippen LogP contribution in [0, 0.1) is 6.92 Å². The number of furan rings is 1. The average molecular weight is 336 g/mol. The fourth-order valence-corrected chi connectivity index (χ4v) is 3.70. The Hall–Kier alpha value is -2.12. The lowest BCUT2D eigenvalue weighted by Crippen LogP contribution is -2.30. The van der Waals surface area contributed by atoms with Gasteiger partial charge in [0, 0.05) is 18.8 Å². The molecule has 124 valence electrons. The van der Waals surface area contributed by atoms with Gasteiger partial charge >= 0.3 is 0 Å². The van der Waals surface area contributed by atoms with Crippen LogP contribution in [0.3, 0.4) is 0 Å². The molecule has 0 saturated heterocycles. The van der Waals surface area contributed by atoms with E-state index >= 15 is 0 Å². The third kappa shape index (κ3) is 3.62. The molecule has 1 aromatic heterocycles. The van der Waals surface area contributed by atoms with Crippen LogP contribution in [0.4, 0.5) is 5.69 Å². The molecule has 1 aromatic carbocycles. The Morgan fingerprint density at radius 3 is 2.22 bits per heavy atom. The first-order chi connectivity index (χ1) is 10.9. The summed E-state index contributed by atoms with van der Waals surface area (Å²) in [6.45, 7) is 6.12. The van der Waals surface area contributed by atoms with Gasteiger partial charge in [-0.3, -0.25) is 4.79 Å². The summed E-state index contributed by atoms with van der Waals surface area (Å²) in [5, 5.41) is 2.71. The zero-order valence-corrected chi connectivity index (χ0v) is 14.2. The van der Waals surface area contributed by atoms with Gasteiger partial charge in [0.15, 0.2) is 0 Å². The van der Waals surface area contributed by atoms with Crippen molar-refractivity contribution >= 4 is 21.6 Å². The van der Waals surface area contributed by atoms with Crippen LogP contribution in [-0.2, 0) is 10.0 Å². The van der Waals surface area contributed by atoms with Crippen molar-refractivity contribution in [1.82, 2.24) is 4.31 Å². The molecule has 0 spiro atoms. The van der Waals surface area contributed by atoms with Crippen molar-refractivity contribution in [3.8, 4) is 0 Å². The van der Waals surface area contributed by atoms with E-state index in [0.29, 0.717) is 30.1 Å². The van der Waals surface area contributed by atoms with Crippen molar-refractivity contribution in [3.05, 3.63) is 47.9 Å². The van der Waals surface area contributed by atoms with Gasteiger partial charge in [-0.25, -0.2) is 8.42 Å². The van der Waals surface area contributed by atoms with Crippen LogP contribution in [0.15, 0.2) is 45.9 Å². The first-order valence-corrected chi connectivity index (χ1v) is 8.79. The van der Waals surface area contributed by atoms with Gasteiger partial charge in [0.2, 0.25) is 10.0 Å². The maximum atomic E-state index is 12.4. The molecule has 1 N–H and O–H groups in total. The number of nitrogens with one attached hydrogen (secondary N) is 1. The standard InChI is InChI=1S/C16H20N2O4S/c1-4-18(5-2)23(20,21)14-8-6-13(7-9-14)17-16(19)15-10-11-22-12(15)3/h6-11H,4-5H2,1-3H3,(H,17,19). The van der Waals surface area contributed by atoms with Crippen molar-refractivity contribution in [2.75, 3.05) is 18.4 Å². The number of aryl methyl sites for hydroxylation is 1. The van der Waals surface area contributed by atoms with Crippen molar-refractivity contribution in [2.24, 2.45) is 0 Å². The van der Waals surface area contributed by atoms with Gasteiger partial charge in [-0.2, -0.15) is 4.31 Å². The third-order valence-electron chi connectivity index (χ3n) is 3.56. The van der Waals surface area contributed by atoms with Gasteiger partial charge in [0.1, 0.15) is 5.76 Å². The van der Waals surface area contributed by atoms with Crippen molar-refractivity contribution in [3.63, 3.8) is 0 Å². The molecule has 0 unspecified atom stereocenters. The number of sulfonamides is 1. The molecule has 6 nitrogen and oxygen atoms in total. The van der Waals surface area contributed by atoms with E-state index in [1.807, 2.05) is 0 Å². The predicted octanol–water partition coefficient (Wildman–Crippen LogP) is 2.87. The first-order valence-electron chi connectivity index (χ1n) is 7.35. The zero-order chi connectivity index (χ0) is 17.0. The summed E-state index contributed by atoms with van der Waals surface area (Å²) in [5.74, 6) is 0.235. The molecule has 2 aromatic rings. The number of amides is 1. The number of carbonyl (C=O) groups excluding carboxylic acids is 1. The number of benzene rings is 1. The molecule has 0 aliphatic heterocycles. The quantitative estimate of drug-likeness (QED) is 0.879. The molecule has 0 radical (unpaired) electrons. The molecule has 0 fully saturated rings. The summed E-state index contributed by atoms with van der Waals surface area (Å²) in [6.07, 6.45) is 1.45. The van der Waals surface area contributed by atoms with Crippen LogP contribution in [-0.4, -0.2) is 31.7 Å². The lowest BCUT2D eigenvalue weighted by atomic mass is 10.2. The SMILES string of the molecule is CCN(CC)S(=O)(=O)c1ccc(NC(=O)c2ccoc2C)cc1. The second kappa shape index (κ2) is 6.97. The lowest BCUT2D eigenvalue weighted by Gasteiger charge is -2.18. The summed E-state index contributed by atoms with van der Waals surface area (Å²) in [6, 6.07) is 7.72. The number of rotatable bonds is 6. The highest BCUT2D eigenvalue weighted by molar-refractivity contribution is 7.89. The number of nitrogens with zero attached hydrogens (tertiary/aromatic N) is 1. The maximum absolute atomic E-state index is 12.4. The molecule has 0 atom stereocenters. The van der Waals surface area contributed by atoms with E-state index in [9.17, 15) is 13.2 Å². The van der Waals surface area contributed by atoms with E-state index in [-0.39, 0.29) is 10.8 Å². The summed E-state index contributed by atoms with van der Waals surface area (Å²) >= 11 is 0. The molecule has 7 heteroatoms. The second-order valence-electron chi connectivity index (χ2n) is 4.96.